The summed E-state index contributed by atoms with van der Waals surface area (Å²) in [7, 11) is 0. The highest BCUT2D eigenvalue weighted by Crippen LogP contribution is 2.39. The summed E-state index contributed by atoms with van der Waals surface area (Å²) in [6.45, 7) is 5.64. The predicted molar refractivity (Wildman–Crippen MR) is 81.8 cm³/mol. The lowest BCUT2D eigenvalue weighted by atomic mass is 10.3. The number of fused-ring (bicyclic) bond motifs is 1. The number of nitrogens with one attached hydrogen (secondary N) is 1. The average Bonchev–Trinajstić information content (AvgIpc) is 3.13. The number of hydrogen-bond donors (Lipinski definition) is 1. The van der Waals surface area contributed by atoms with Gasteiger partial charge in [-0.25, -0.2) is 0 Å². The van der Waals surface area contributed by atoms with Crippen molar-refractivity contribution in [2.24, 2.45) is 0 Å². The van der Waals surface area contributed by atoms with Crippen molar-refractivity contribution in [3.8, 4) is 11.5 Å². The van der Waals surface area contributed by atoms with Crippen LogP contribution in [0.4, 0.5) is 0 Å². The Balaban J connectivity index is 1.59. The van der Waals surface area contributed by atoms with Gasteiger partial charge >= 0.3 is 0 Å². The molecule has 0 aliphatic carbocycles. The second kappa shape index (κ2) is 6.35. The van der Waals surface area contributed by atoms with Gasteiger partial charge < -0.3 is 19.4 Å². The normalized spacial score (nSPS) is 13.4. The number of thiophene rings is 1. The number of amides is 1. The molecule has 0 fully saturated rings. The van der Waals surface area contributed by atoms with Crippen LogP contribution in [-0.2, 0) is 6.42 Å². The van der Waals surface area contributed by atoms with Gasteiger partial charge in [-0.2, -0.15) is 0 Å². The zero-order valence-corrected chi connectivity index (χ0v) is 13.4. The number of carbonyl (C=O) groups excluding carboxylic acids is 1. The molecule has 0 unspecified atom stereocenters. The molecule has 1 amide bonds. The Kier molecular flexibility index (Phi) is 4.28. The van der Waals surface area contributed by atoms with E-state index >= 15 is 0 Å². The van der Waals surface area contributed by atoms with Gasteiger partial charge in [0.2, 0.25) is 0 Å². The molecule has 22 heavy (non-hydrogen) atoms. The minimum atomic E-state index is -0.146. The van der Waals surface area contributed by atoms with Crippen LogP contribution >= 0.6 is 11.3 Å². The molecule has 2 aromatic heterocycles. The molecular weight excluding hydrogens is 304 g/mol. The maximum absolute atomic E-state index is 12.2. The van der Waals surface area contributed by atoms with Crippen LogP contribution < -0.4 is 14.8 Å². The summed E-state index contributed by atoms with van der Waals surface area (Å²) < 4.78 is 13.0. The Morgan fingerprint density at radius 3 is 3.09 bits per heavy atom. The molecule has 3 heterocycles. The van der Waals surface area contributed by atoms with Gasteiger partial charge in [0.25, 0.3) is 5.91 Å². The monoisotopic (exact) mass is 322 g/mol. The van der Waals surface area contributed by atoms with E-state index in [1.165, 1.54) is 11.3 Å². The Morgan fingerprint density at radius 1 is 1.45 bits per heavy atom. The van der Waals surface area contributed by atoms with Crippen molar-refractivity contribution in [1.29, 1.82) is 0 Å². The van der Waals surface area contributed by atoms with Gasteiger partial charge in [0.1, 0.15) is 30.2 Å². The number of ether oxygens (including phenoxy) is 2. The standard InChI is InChI=1S/C14H18N4O3S/c1-9(2)18-8-16-17-11(18)3-4-15-14(19)13-12-10(7-22-13)20-5-6-21-12/h7-9H,3-6H2,1-2H3,(H,15,19). The Labute approximate surface area is 132 Å². The molecule has 0 saturated heterocycles. The fourth-order valence-corrected chi connectivity index (χ4v) is 3.11. The van der Waals surface area contributed by atoms with Crippen LogP contribution in [0.15, 0.2) is 11.7 Å². The van der Waals surface area contributed by atoms with E-state index in [-0.39, 0.29) is 5.91 Å². The molecule has 0 atom stereocenters. The smallest absolute Gasteiger partial charge is 0.265 e. The van der Waals surface area contributed by atoms with Gasteiger partial charge in [0, 0.05) is 24.4 Å². The van der Waals surface area contributed by atoms with Crippen molar-refractivity contribution in [1.82, 2.24) is 20.1 Å². The fraction of sp³-hybridized carbons (Fsp3) is 0.500. The van der Waals surface area contributed by atoms with E-state index in [1.807, 2.05) is 4.57 Å². The van der Waals surface area contributed by atoms with Crippen molar-refractivity contribution in [2.45, 2.75) is 26.3 Å². The molecule has 0 bridgehead atoms. The van der Waals surface area contributed by atoms with Crippen LogP contribution in [0.2, 0.25) is 0 Å². The van der Waals surface area contributed by atoms with E-state index in [0.29, 0.717) is 48.6 Å². The third-order valence-electron chi connectivity index (χ3n) is 3.35. The number of carbonyl (C=O) groups is 1. The third kappa shape index (κ3) is 2.92. The summed E-state index contributed by atoms with van der Waals surface area (Å²) in [5, 5.41) is 12.7. The number of rotatable bonds is 5. The molecule has 0 saturated carbocycles. The first-order chi connectivity index (χ1) is 10.7. The number of hydrogen-bond acceptors (Lipinski definition) is 6. The molecular formula is C14H18N4O3S. The molecule has 3 rings (SSSR count). The highest BCUT2D eigenvalue weighted by atomic mass is 32.1. The molecule has 1 N–H and O–H groups in total. The van der Waals surface area contributed by atoms with Crippen LogP contribution in [0, 0.1) is 0 Å². The van der Waals surface area contributed by atoms with Crippen LogP contribution in [0.1, 0.15) is 35.4 Å². The van der Waals surface area contributed by atoms with Gasteiger partial charge in [0.15, 0.2) is 11.5 Å². The highest BCUT2D eigenvalue weighted by Gasteiger charge is 2.23. The summed E-state index contributed by atoms with van der Waals surface area (Å²) in [5.74, 6) is 1.93. The first kappa shape index (κ1) is 14.8. The van der Waals surface area contributed by atoms with Gasteiger partial charge in [0.05, 0.1) is 0 Å². The summed E-state index contributed by atoms with van der Waals surface area (Å²) in [6, 6.07) is 0.301. The van der Waals surface area contributed by atoms with Crippen molar-refractivity contribution >= 4 is 17.2 Å². The maximum Gasteiger partial charge on any atom is 0.265 e. The van der Waals surface area contributed by atoms with Crippen LogP contribution in [0.3, 0.4) is 0 Å². The lowest BCUT2D eigenvalue weighted by molar-refractivity contribution is 0.0948. The summed E-state index contributed by atoms with van der Waals surface area (Å²) in [6.07, 6.45) is 2.34. The van der Waals surface area contributed by atoms with Crippen molar-refractivity contribution < 1.29 is 14.3 Å². The number of nitrogens with zero attached hydrogens (tertiary/aromatic N) is 3. The summed E-state index contributed by atoms with van der Waals surface area (Å²) in [5.41, 5.74) is 0. The molecule has 1 aliphatic rings. The SMILES string of the molecule is CC(C)n1cnnc1CCNC(=O)c1scc2c1OCCO2. The second-order valence-electron chi connectivity index (χ2n) is 5.21. The molecule has 0 spiro atoms. The summed E-state index contributed by atoms with van der Waals surface area (Å²) >= 11 is 1.33. The lowest BCUT2D eigenvalue weighted by Crippen LogP contribution is -2.27. The number of aromatic nitrogens is 3. The lowest BCUT2D eigenvalue weighted by Gasteiger charge is -2.15. The third-order valence-corrected chi connectivity index (χ3v) is 4.28. The van der Waals surface area contributed by atoms with Gasteiger partial charge in [-0.1, -0.05) is 0 Å². The van der Waals surface area contributed by atoms with Crippen LogP contribution in [0.25, 0.3) is 0 Å². The van der Waals surface area contributed by atoms with Crippen LogP contribution in [-0.4, -0.2) is 40.4 Å². The van der Waals surface area contributed by atoms with Crippen molar-refractivity contribution in [3.63, 3.8) is 0 Å². The highest BCUT2D eigenvalue weighted by molar-refractivity contribution is 7.12. The zero-order valence-electron chi connectivity index (χ0n) is 12.5. The topological polar surface area (TPSA) is 78.3 Å². The molecule has 1 aliphatic heterocycles. The van der Waals surface area contributed by atoms with E-state index in [0.717, 1.165) is 5.82 Å². The molecule has 118 valence electrons. The van der Waals surface area contributed by atoms with Gasteiger partial charge in [-0.15, -0.1) is 21.5 Å². The Bertz CT molecular complexity index is 665. The fourth-order valence-electron chi connectivity index (χ4n) is 2.26. The molecule has 0 radical (unpaired) electrons. The molecule has 0 aromatic carbocycles. The van der Waals surface area contributed by atoms with Gasteiger partial charge in [-0.05, 0) is 13.8 Å². The predicted octanol–water partition coefficient (Wildman–Crippen LogP) is 1.66. The quantitative estimate of drug-likeness (QED) is 0.906. The Hall–Kier alpha value is -2.09. The first-order valence-electron chi connectivity index (χ1n) is 7.20. The van der Waals surface area contributed by atoms with Crippen LogP contribution in [0.5, 0.6) is 11.5 Å². The van der Waals surface area contributed by atoms with Crippen molar-refractivity contribution in [2.75, 3.05) is 19.8 Å². The summed E-state index contributed by atoms with van der Waals surface area (Å²) in [4.78, 5) is 12.8. The maximum atomic E-state index is 12.2. The molecule has 2 aromatic rings. The molecule has 8 heteroatoms. The van der Waals surface area contributed by atoms with E-state index in [4.69, 9.17) is 9.47 Å². The minimum absolute atomic E-state index is 0.146. The van der Waals surface area contributed by atoms with Gasteiger partial charge in [-0.3, -0.25) is 4.79 Å². The molecule has 7 nitrogen and oxygen atoms in total. The first-order valence-corrected chi connectivity index (χ1v) is 8.08. The average molecular weight is 322 g/mol. The largest absolute Gasteiger partial charge is 0.485 e. The van der Waals surface area contributed by atoms with Crippen molar-refractivity contribution in [3.05, 3.63) is 22.4 Å². The second-order valence-corrected chi connectivity index (χ2v) is 6.09. The zero-order chi connectivity index (χ0) is 15.5. The van der Waals surface area contributed by atoms with E-state index in [1.54, 1.807) is 11.7 Å². The minimum Gasteiger partial charge on any atom is -0.485 e. The van der Waals surface area contributed by atoms with E-state index in [2.05, 4.69) is 29.4 Å². The van der Waals surface area contributed by atoms with E-state index < -0.39 is 0 Å². The van der Waals surface area contributed by atoms with E-state index in [9.17, 15) is 4.79 Å². The Morgan fingerprint density at radius 2 is 2.27 bits per heavy atom.